The summed E-state index contributed by atoms with van der Waals surface area (Å²) in [4.78, 5) is 38.9. The molecule has 150 valence electrons. The van der Waals surface area contributed by atoms with Crippen molar-refractivity contribution in [1.82, 2.24) is 19.8 Å². The topological polar surface area (TPSA) is 78.9 Å². The van der Waals surface area contributed by atoms with Gasteiger partial charge in [0, 0.05) is 43.6 Å². The Bertz CT molecular complexity index is 890. The van der Waals surface area contributed by atoms with Gasteiger partial charge in [-0.3, -0.25) is 14.7 Å². The van der Waals surface area contributed by atoms with Crippen LogP contribution in [0.4, 0.5) is 10.6 Å². The zero-order valence-electron chi connectivity index (χ0n) is 16.1. The molecule has 4 heterocycles. The van der Waals surface area contributed by atoms with E-state index in [1.54, 1.807) is 0 Å². The molecule has 5 rings (SSSR count). The fourth-order valence-corrected chi connectivity index (χ4v) is 4.46. The van der Waals surface area contributed by atoms with Crippen molar-refractivity contribution in [1.29, 1.82) is 0 Å². The lowest BCUT2D eigenvalue weighted by atomic mass is 10.0. The Hall–Kier alpha value is -3.16. The van der Waals surface area contributed by atoms with Gasteiger partial charge in [0.1, 0.15) is 19.0 Å². The number of amides is 2. The molecule has 0 saturated carbocycles. The molecule has 3 aliphatic heterocycles. The molecule has 3 fully saturated rings. The Morgan fingerprint density at radius 3 is 2.41 bits per heavy atom. The molecule has 2 amide bonds. The van der Waals surface area contributed by atoms with Crippen LogP contribution in [0.5, 0.6) is 0 Å². The van der Waals surface area contributed by atoms with Crippen LogP contribution < -0.4 is 4.90 Å². The zero-order valence-corrected chi connectivity index (χ0v) is 16.1. The van der Waals surface area contributed by atoms with E-state index in [0.29, 0.717) is 25.0 Å². The maximum absolute atomic E-state index is 12.5. The van der Waals surface area contributed by atoms with E-state index in [2.05, 4.69) is 14.9 Å². The van der Waals surface area contributed by atoms with Crippen molar-refractivity contribution in [2.75, 3.05) is 50.8 Å². The number of carbonyl (C=O) groups excluding carboxylic acids is 2. The summed E-state index contributed by atoms with van der Waals surface area (Å²) in [5.74, 6) is 1.76. The highest BCUT2D eigenvalue weighted by atomic mass is 16.6. The monoisotopic (exact) mass is 393 g/mol. The fraction of sp³-hybridized carbons (Fsp3) is 0.429. The highest BCUT2D eigenvalue weighted by molar-refractivity contribution is 5.83. The van der Waals surface area contributed by atoms with Gasteiger partial charge in [-0.15, -0.1) is 0 Å². The van der Waals surface area contributed by atoms with Gasteiger partial charge in [0.2, 0.25) is 5.91 Å². The van der Waals surface area contributed by atoms with Crippen LogP contribution >= 0.6 is 0 Å². The first-order chi connectivity index (χ1) is 14.2. The highest BCUT2D eigenvalue weighted by Gasteiger charge is 2.42. The molecule has 0 aliphatic carbocycles. The molecule has 0 bridgehead atoms. The van der Waals surface area contributed by atoms with E-state index < -0.39 is 0 Å². The van der Waals surface area contributed by atoms with Crippen LogP contribution in [-0.4, -0.2) is 77.6 Å². The second-order valence-corrected chi connectivity index (χ2v) is 7.89. The first kappa shape index (κ1) is 17.9. The number of benzene rings is 1. The summed E-state index contributed by atoms with van der Waals surface area (Å²) in [6.45, 7) is 4.21. The van der Waals surface area contributed by atoms with E-state index in [-0.39, 0.29) is 18.5 Å². The molecule has 1 aromatic heterocycles. The highest BCUT2D eigenvalue weighted by Crippen LogP contribution is 2.33. The number of cyclic esters (lactones) is 1. The predicted molar refractivity (Wildman–Crippen MR) is 106 cm³/mol. The smallest absolute Gasteiger partial charge is 0.410 e. The number of nitrogens with zero attached hydrogens (tertiary/aromatic N) is 5. The summed E-state index contributed by atoms with van der Waals surface area (Å²) in [5, 5.41) is 0. The minimum atomic E-state index is -0.388. The molecular formula is C21H23N5O3. The maximum Gasteiger partial charge on any atom is 0.410 e. The molecule has 8 nitrogen and oxygen atoms in total. The van der Waals surface area contributed by atoms with Gasteiger partial charge in [0.25, 0.3) is 0 Å². The summed E-state index contributed by atoms with van der Waals surface area (Å²) in [7, 11) is 0. The van der Waals surface area contributed by atoms with Crippen LogP contribution in [0.3, 0.4) is 0 Å². The van der Waals surface area contributed by atoms with Crippen molar-refractivity contribution in [3.05, 3.63) is 42.7 Å². The minimum absolute atomic E-state index is 0.0109. The summed E-state index contributed by atoms with van der Waals surface area (Å²) in [6.07, 6.45) is 3.27. The Balaban J connectivity index is 1.18. The van der Waals surface area contributed by atoms with E-state index in [0.717, 1.165) is 43.3 Å². The van der Waals surface area contributed by atoms with Gasteiger partial charge in [0.15, 0.2) is 0 Å². The van der Waals surface area contributed by atoms with Gasteiger partial charge in [-0.1, -0.05) is 30.3 Å². The molecule has 2 aromatic rings. The molecule has 3 saturated heterocycles. The first-order valence-electron chi connectivity index (χ1n) is 9.99. The minimum Gasteiger partial charge on any atom is -0.448 e. The van der Waals surface area contributed by atoms with Gasteiger partial charge in [0.05, 0.1) is 24.6 Å². The second-order valence-electron chi connectivity index (χ2n) is 7.89. The molecule has 0 N–H and O–H groups in total. The largest absolute Gasteiger partial charge is 0.448 e. The molecule has 0 spiro atoms. The Morgan fingerprint density at radius 1 is 1.03 bits per heavy atom. The summed E-state index contributed by atoms with van der Waals surface area (Å²) < 4.78 is 4.90. The number of likely N-dealkylation sites (tertiary alicyclic amines) is 1. The van der Waals surface area contributed by atoms with Crippen LogP contribution in [0.1, 0.15) is 0 Å². The Labute approximate surface area is 169 Å². The van der Waals surface area contributed by atoms with Gasteiger partial charge in [-0.05, 0) is 0 Å². The number of carbonyl (C=O) groups is 2. The molecule has 3 aliphatic rings. The van der Waals surface area contributed by atoms with E-state index in [9.17, 15) is 9.59 Å². The molecule has 2 atom stereocenters. The molecule has 1 aromatic carbocycles. The third kappa shape index (κ3) is 3.50. The van der Waals surface area contributed by atoms with Crippen LogP contribution in [0.2, 0.25) is 0 Å². The molecule has 8 heteroatoms. The SMILES string of the molecule is O=C(CN1CCOC1=O)N1CC2CN(c3cnc(-c4ccccc4)cn3)CC2C1. The number of fused-ring (bicyclic) bond motifs is 1. The van der Waals surface area contributed by atoms with E-state index >= 15 is 0 Å². The lowest BCUT2D eigenvalue weighted by Gasteiger charge is -2.23. The average molecular weight is 393 g/mol. The lowest BCUT2D eigenvalue weighted by Crippen LogP contribution is -2.41. The molecular weight excluding hydrogens is 370 g/mol. The second kappa shape index (κ2) is 7.35. The average Bonchev–Trinajstić information content (AvgIpc) is 3.44. The third-order valence-corrected chi connectivity index (χ3v) is 6.04. The summed E-state index contributed by atoms with van der Waals surface area (Å²) >= 11 is 0. The van der Waals surface area contributed by atoms with Gasteiger partial charge in [-0.2, -0.15) is 0 Å². The van der Waals surface area contributed by atoms with Crippen molar-refractivity contribution in [3.63, 3.8) is 0 Å². The number of anilines is 1. The molecule has 2 unspecified atom stereocenters. The van der Waals surface area contributed by atoms with Crippen LogP contribution in [-0.2, 0) is 9.53 Å². The summed E-state index contributed by atoms with van der Waals surface area (Å²) in [5.41, 5.74) is 1.92. The number of ether oxygens (including phenoxy) is 1. The van der Waals surface area contributed by atoms with E-state index in [1.165, 1.54) is 4.90 Å². The number of hydrogen-bond donors (Lipinski definition) is 0. The standard InChI is InChI=1S/C21H23N5O3/c27-20(14-24-6-7-29-21(24)28)26-12-16-10-25(11-17(16)13-26)19-9-22-18(8-23-19)15-4-2-1-3-5-15/h1-5,8-9,16-17H,6-7,10-14H2. The fourth-order valence-electron chi connectivity index (χ4n) is 4.46. The van der Waals surface area contributed by atoms with Crippen LogP contribution in [0.15, 0.2) is 42.7 Å². The van der Waals surface area contributed by atoms with Crippen molar-refractivity contribution in [3.8, 4) is 11.3 Å². The van der Waals surface area contributed by atoms with Gasteiger partial charge < -0.3 is 14.5 Å². The molecule has 29 heavy (non-hydrogen) atoms. The normalized spacial score (nSPS) is 23.4. The zero-order chi connectivity index (χ0) is 19.8. The van der Waals surface area contributed by atoms with E-state index in [1.807, 2.05) is 47.6 Å². The summed E-state index contributed by atoms with van der Waals surface area (Å²) in [6, 6.07) is 10.0. The van der Waals surface area contributed by atoms with Gasteiger partial charge in [-0.25, -0.2) is 9.78 Å². The van der Waals surface area contributed by atoms with Crippen molar-refractivity contribution in [2.24, 2.45) is 11.8 Å². The lowest BCUT2D eigenvalue weighted by molar-refractivity contribution is -0.130. The Kier molecular flexibility index (Phi) is 4.54. The predicted octanol–water partition coefficient (Wildman–Crippen LogP) is 1.49. The van der Waals surface area contributed by atoms with Crippen LogP contribution in [0, 0.1) is 11.8 Å². The quantitative estimate of drug-likeness (QED) is 0.783. The number of hydrogen-bond acceptors (Lipinski definition) is 6. The van der Waals surface area contributed by atoms with E-state index in [4.69, 9.17) is 4.74 Å². The molecule has 0 radical (unpaired) electrons. The maximum atomic E-state index is 12.5. The van der Waals surface area contributed by atoms with Crippen molar-refractivity contribution < 1.29 is 14.3 Å². The number of aromatic nitrogens is 2. The number of rotatable bonds is 4. The van der Waals surface area contributed by atoms with Crippen LogP contribution in [0.25, 0.3) is 11.3 Å². The third-order valence-electron chi connectivity index (χ3n) is 6.04. The van der Waals surface area contributed by atoms with Crippen molar-refractivity contribution in [2.45, 2.75) is 0 Å². The Morgan fingerprint density at radius 2 is 1.79 bits per heavy atom. The van der Waals surface area contributed by atoms with Crippen molar-refractivity contribution >= 4 is 17.8 Å². The van der Waals surface area contributed by atoms with Gasteiger partial charge >= 0.3 is 6.09 Å². The first-order valence-corrected chi connectivity index (χ1v) is 9.99.